The first-order valence-corrected chi connectivity index (χ1v) is 6.97. The van der Waals surface area contributed by atoms with Gasteiger partial charge in [-0.05, 0) is 25.1 Å². The zero-order valence-electron chi connectivity index (χ0n) is 8.18. The van der Waals surface area contributed by atoms with E-state index in [-0.39, 0.29) is 6.16 Å². The van der Waals surface area contributed by atoms with Gasteiger partial charge in [0, 0.05) is 10.0 Å². The van der Waals surface area contributed by atoms with Crippen molar-refractivity contribution in [3.8, 4) is 5.75 Å². The SMILES string of the molecule is CCOc1ccc(Br)cc1CP(=O)(O)O. The summed E-state index contributed by atoms with van der Waals surface area (Å²) in [5, 5.41) is 0. The fraction of sp³-hybridized carbons (Fsp3) is 0.333. The lowest BCUT2D eigenvalue weighted by Crippen LogP contribution is -1.97. The van der Waals surface area contributed by atoms with E-state index >= 15 is 0 Å². The molecular formula is C9H12BrO4P. The highest BCUT2D eigenvalue weighted by Crippen LogP contribution is 2.42. The monoisotopic (exact) mass is 294 g/mol. The van der Waals surface area contributed by atoms with Crippen LogP contribution in [-0.4, -0.2) is 16.4 Å². The number of benzene rings is 1. The average Bonchev–Trinajstić information content (AvgIpc) is 2.07. The van der Waals surface area contributed by atoms with Crippen molar-refractivity contribution in [2.75, 3.05) is 6.61 Å². The summed E-state index contributed by atoms with van der Waals surface area (Å²) in [5.74, 6) is 0.518. The highest BCUT2D eigenvalue weighted by Gasteiger charge is 2.17. The summed E-state index contributed by atoms with van der Waals surface area (Å²) >= 11 is 3.25. The Balaban J connectivity index is 3.02. The van der Waals surface area contributed by atoms with Gasteiger partial charge < -0.3 is 14.5 Å². The predicted octanol–water partition coefficient (Wildman–Crippen LogP) is 2.53. The summed E-state index contributed by atoms with van der Waals surface area (Å²) in [7, 11) is -4.06. The fourth-order valence-corrected chi connectivity index (χ4v) is 2.29. The van der Waals surface area contributed by atoms with Crippen molar-refractivity contribution >= 4 is 23.5 Å². The molecule has 0 atom stereocenters. The molecule has 0 fully saturated rings. The molecule has 0 radical (unpaired) electrons. The Hall–Kier alpha value is -0.350. The summed E-state index contributed by atoms with van der Waals surface area (Å²) in [6.07, 6.45) is -0.304. The molecular weight excluding hydrogens is 283 g/mol. The standard InChI is InChI=1S/C9H12BrO4P/c1-2-14-9-4-3-8(10)5-7(9)6-15(11,12)13/h3-5H,2,6H2,1H3,(H2,11,12,13). The van der Waals surface area contributed by atoms with Crippen molar-refractivity contribution in [2.24, 2.45) is 0 Å². The second-order valence-corrected chi connectivity index (χ2v) is 5.57. The summed E-state index contributed by atoms with van der Waals surface area (Å²) in [6.45, 7) is 2.29. The molecule has 0 saturated heterocycles. The van der Waals surface area contributed by atoms with Crippen LogP contribution < -0.4 is 4.74 Å². The van der Waals surface area contributed by atoms with Gasteiger partial charge in [-0.25, -0.2) is 0 Å². The fourth-order valence-electron chi connectivity index (χ4n) is 1.19. The number of hydrogen-bond acceptors (Lipinski definition) is 2. The van der Waals surface area contributed by atoms with Crippen molar-refractivity contribution < 1.29 is 19.1 Å². The first-order chi connectivity index (χ1) is 6.92. The van der Waals surface area contributed by atoms with Crippen LogP contribution in [0.15, 0.2) is 22.7 Å². The third kappa shape index (κ3) is 4.34. The summed E-state index contributed by atoms with van der Waals surface area (Å²) in [6, 6.07) is 5.12. The molecule has 0 saturated carbocycles. The first kappa shape index (κ1) is 12.7. The van der Waals surface area contributed by atoms with Crippen LogP contribution in [0.4, 0.5) is 0 Å². The molecule has 0 unspecified atom stereocenters. The van der Waals surface area contributed by atoms with Crippen LogP contribution in [0.1, 0.15) is 12.5 Å². The van der Waals surface area contributed by atoms with Crippen molar-refractivity contribution in [1.82, 2.24) is 0 Å². The summed E-state index contributed by atoms with van der Waals surface area (Å²) in [4.78, 5) is 17.8. The maximum Gasteiger partial charge on any atom is 0.330 e. The third-order valence-corrected chi connectivity index (χ3v) is 2.94. The Morgan fingerprint density at radius 2 is 2.13 bits per heavy atom. The molecule has 6 heteroatoms. The second kappa shape index (κ2) is 5.12. The largest absolute Gasteiger partial charge is 0.494 e. The van der Waals surface area contributed by atoms with Crippen LogP contribution in [0.3, 0.4) is 0 Å². The second-order valence-electron chi connectivity index (χ2n) is 3.01. The maximum absolute atomic E-state index is 10.9. The molecule has 84 valence electrons. The molecule has 4 nitrogen and oxygen atoms in total. The Bertz CT molecular complexity index is 388. The quantitative estimate of drug-likeness (QED) is 0.838. The lowest BCUT2D eigenvalue weighted by molar-refractivity contribution is 0.334. The molecule has 0 aliphatic carbocycles. The summed E-state index contributed by atoms with van der Waals surface area (Å²) in [5.41, 5.74) is 0.513. The van der Waals surface area contributed by atoms with Crippen LogP contribution in [0.5, 0.6) is 5.75 Å². The summed E-state index contributed by atoms with van der Waals surface area (Å²) < 4.78 is 16.9. The van der Waals surface area contributed by atoms with Crippen LogP contribution in [0.2, 0.25) is 0 Å². The average molecular weight is 295 g/mol. The van der Waals surface area contributed by atoms with Crippen LogP contribution in [0.25, 0.3) is 0 Å². The van der Waals surface area contributed by atoms with Gasteiger partial charge in [0.05, 0.1) is 12.8 Å². The third-order valence-electron chi connectivity index (χ3n) is 1.70. The van der Waals surface area contributed by atoms with E-state index in [2.05, 4.69) is 15.9 Å². The molecule has 15 heavy (non-hydrogen) atoms. The highest BCUT2D eigenvalue weighted by molar-refractivity contribution is 9.10. The number of hydrogen-bond donors (Lipinski definition) is 2. The van der Waals surface area contributed by atoms with E-state index in [0.717, 1.165) is 4.47 Å². The lowest BCUT2D eigenvalue weighted by Gasteiger charge is -2.11. The molecule has 0 bridgehead atoms. The van der Waals surface area contributed by atoms with Gasteiger partial charge in [-0.3, -0.25) is 4.57 Å². The van der Waals surface area contributed by atoms with E-state index < -0.39 is 7.60 Å². The number of rotatable bonds is 4. The van der Waals surface area contributed by atoms with Gasteiger partial charge in [-0.1, -0.05) is 15.9 Å². The van der Waals surface area contributed by atoms with Crippen molar-refractivity contribution in [2.45, 2.75) is 13.1 Å². The van der Waals surface area contributed by atoms with Crippen molar-refractivity contribution in [3.63, 3.8) is 0 Å². The topological polar surface area (TPSA) is 66.8 Å². The molecule has 0 aromatic heterocycles. The Morgan fingerprint density at radius 3 is 2.67 bits per heavy atom. The van der Waals surface area contributed by atoms with Gasteiger partial charge in [-0.15, -0.1) is 0 Å². The normalized spacial score (nSPS) is 11.5. The van der Waals surface area contributed by atoms with E-state index in [1.165, 1.54) is 0 Å². The van der Waals surface area contributed by atoms with E-state index in [9.17, 15) is 4.57 Å². The molecule has 0 aliphatic heterocycles. The van der Waals surface area contributed by atoms with Crippen LogP contribution >= 0.6 is 23.5 Å². The van der Waals surface area contributed by atoms with Gasteiger partial charge in [-0.2, -0.15) is 0 Å². The minimum absolute atomic E-state index is 0.304. The molecule has 0 amide bonds. The minimum atomic E-state index is -4.06. The minimum Gasteiger partial charge on any atom is -0.494 e. The Kier molecular flexibility index (Phi) is 4.34. The van der Waals surface area contributed by atoms with E-state index in [1.54, 1.807) is 18.2 Å². The zero-order valence-corrected chi connectivity index (χ0v) is 10.7. The Morgan fingerprint density at radius 1 is 1.47 bits per heavy atom. The maximum atomic E-state index is 10.9. The van der Waals surface area contributed by atoms with E-state index in [0.29, 0.717) is 17.9 Å². The number of halogens is 1. The molecule has 0 spiro atoms. The molecule has 1 aromatic carbocycles. The first-order valence-electron chi connectivity index (χ1n) is 4.38. The molecule has 1 rings (SSSR count). The van der Waals surface area contributed by atoms with Crippen molar-refractivity contribution in [1.29, 1.82) is 0 Å². The van der Waals surface area contributed by atoms with Gasteiger partial charge in [0.1, 0.15) is 5.75 Å². The zero-order chi connectivity index (χ0) is 11.5. The van der Waals surface area contributed by atoms with Gasteiger partial charge >= 0.3 is 7.60 Å². The smallest absolute Gasteiger partial charge is 0.330 e. The van der Waals surface area contributed by atoms with E-state index in [4.69, 9.17) is 14.5 Å². The van der Waals surface area contributed by atoms with E-state index in [1.807, 2.05) is 6.92 Å². The van der Waals surface area contributed by atoms with Crippen molar-refractivity contribution in [3.05, 3.63) is 28.2 Å². The molecule has 2 N–H and O–H groups in total. The predicted molar refractivity (Wildman–Crippen MR) is 61.1 cm³/mol. The molecule has 1 aromatic rings. The van der Waals surface area contributed by atoms with Gasteiger partial charge in [0.15, 0.2) is 0 Å². The molecule has 0 heterocycles. The van der Waals surface area contributed by atoms with Crippen LogP contribution in [-0.2, 0) is 10.7 Å². The molecule has 0 aliphatic rings. The van der Waals surface area contributed by atoms with Crippen LogP contribution in [0, 0.1) is 0 Å². The number of ether oxygens (including phenoxy) is 1. The Labute approximate surface area is 96.6 Å². The van der Waals surface area contributed by atoms with Gasteiger partial charge in [0.25, 0.3) is 0 Å². The highest BCUT2D eigenvalue weighted by atomic mass is 79.9. The van der Waals surface area contributed by atoms with Gasteiger partial charge in [0.2, 0.25) is 0 Å². The lowest BCUT2D eigenvalue weighted by atomic mass is 10.2.